The minimum Gasteiger partial charge on any atom is -0.319 e. The fourth-order valence-electron chi connectivity index (χ4n) is 4.12. The van der Waals surface area contributed by atoms with E-state index in [2.05, 4.69) is 25.7 Å². The van der Waals surface area contributed by atoms with Gasteiger partial charge in [-0.15, -0.1) is 6.58 Å². The van der Waals surface area contributed by atoms with Gasteiger partial charge in [-0.2, -0.15) is 4.31 Å². The van der Waals surface area contributed by atoms with Gasteiger partial charge >= 0.3 is 0 Å². The molecule has 1 aromatic carbocycles. The maximum absolute atomic E-state index is 13.1. The van der Waals surface area contributed by atoms with Crippen LogP contribution in [0.5, 0.6) is 0 Å². The Balaban J connectivity index is 1.81. The second kappa shape index (κ2) is 8.55. The predicted octanol–water partition coefficient (Wildman–Crippen LogP) is 3.51. The summed E-state index contributed by atoms with van der Waals surface area (Å²) in [6.07, 6.45) is 3.64. The lowest BCUT2D eigenvalue weighted by Gasteiger charge is -2.44. The third-order valence-corrected chi connectivity index (χ3v) is 8.71. The fourth-order valence-corrected chi connectivity index (χ4v) is 5.95. The molecule has 2 heterocycles. The van der Waals surface area contributed by atoms with Gasteiger partial charge in [0, 0.05) is 19.6 Å². The molecule has 9 heteroatoms. The van der Waals surface area contributed by atoms with Gasteiger partial charge in [-0.3, -0.25) is 10.1 Å². The van der Waals surface area contributed by atoms with Crippen molar-refractivity contribution >= 4 is 39.1 Å². The Kier molecular flexibility index (Phi) is 6.65. The van der Waals surface area contributed by atoms with E-state index in [0.717, 1.165) is 6.42 Å². The topological polar surface area (TPSA) is 69.7 Å². The van der Waals surface area contributed by atoms with E-state index in [-0.39, 0.29) is 27.8 Å². The van der Waals surface area contributed by atoms with Crippen molar-refractivity contribution in [2.45, 2.75) is 49.7 Å². The zero-order valence-corrected chi connectivity index (χ0v) is 19.0. The lowest BCUT2D eigenvalue weighted by Crippen LogP contribution is -2.59. The summed E-state index contributed by atoms with van der Waals surface area (Å²) in [6, 6.07) is 4.08. The van der Waals surface area contributed by atoms with Gasteiger partial charge < -0.3 is 4.90 Å². The van der Waals surface area contributed by atoms with Crippen molar-refractivity contribution in [3.8, 4) is 0 Å². The lowest BCUT2D eigenvalue weighted by atomic mass is 9.96. The average Bonchev–Trinajstić information content (AvgIpc) is 2.96. The van der Waals surface area contributed by atoms with Crippen molar-refractivity contribution in [3.05, 3.63) is 40.9 Å². The number of hydrogen-bond donors (Lipinski definition) is 1. The van der Waals surface area contributed by atoms with Gasteiger partial charge in [0.15, 0.2) is 0 Å². The van der Waals surface area contributed by atoms with Crippen LogP contribution in [-0.2, 0) is 14.8 Å². The summed E-state index contributed by atoms with van der Waals surface area (Å²) in [7, 11) is -3.69. The quantitative estimate of drug-likeness (QED) is 0.660. The summed E-state index contributed by atoms with van der Waals surface area (Å²) in [5.74, 6) is 0.271. The van der Waals surface area contributed by atoms with Crippen molar-refractivity contribution < 1.29 is 13.2 Å². The Morgan fingerprint density at radius 3 is 2.52 bits per heavy atom. The molecule has 0 aliphatic carbocycles. The molecule has 1 N–H and O–H groups in total. The maximum Gasteiger partial charge on any atom is 0.243 e. The molecule has 1 amide bonds. The molecule has 2 aliphatic rings. The second-order valence-electron chi connectivity index (χ2n) is 7.76. The Bertz CT molecular complexity index is 898. The molecule has 6 nitrogen and oxygen atoms in total. The number of amides is 1. The van der Waals surface area contributed by atoms with Crippen LogP contribution < -0.4 is 5.32 Å². The number of benzene rings is 1. The summed E-state index contributed by atoms with van der Waals surface area (Å²) in [4.78, 5) is 15.0. The zero-order valence-electron chi connectivity index (χ0n) is 16.7. The van der Waals surface area contributed by atoms with Crippen LogP contribution >= 0.6 is 23.2 Å². The van der Waals surface area contributed by atoms with Gasteiger partial charge in [-0.1, -0.05) is 49.5 Å². The van der Waals surface area contributed by atoms with Crippen molar-refractivity contribution in [2.24, 2.45) is 5.92 Å². The van der Waals surface area contributed by atoms with E-state index < -0.39 is 15.7 Å². The molecule has 2 unspecified atom stereocenters. The van der Waals surface area contributed by atoms with Crippen LogP contribution in [0.2, 0.25) is 10.0 Å². The van der Waals surface area contributed by atoms with Gasteiger partial charge in [-0.05, 0) is 37.0 Å². The molecule has 0 radical (unpaired) electrons. The molecule has 2 atom stereocenters. The monoisotopic (exact) mass is 459 g/mol. The molecule has 160 valence electrons. The Labute approximate surface area is 182 Å². The Hall–Kier alpha value is -1.12. The lowest BCUT2D eigenvalue weighted by molar-refractivity contribution is -0.133. The van der Waals surface area contributed by atoms with Crippen molar-refractivity contribution in [2.75, 3.05) is 19.6 Å². The highest BCUT2D eigenvalue weighted by atomic mass is 35.5. The number of rotatable bonds is 6. The predicted molar refractivity (Wildman–Crippen MR) is 115 cm³/mol. The number of carbonyl (C=O) groups is 1. The number of piperidine rings is 1. The molecule has 2 saturated heterocycles. The van der Waals surface area contributed by atoms with Crippen LogP contribution in [0.15, 0.2) is 35.7 Å². The summed E-state index contributed by atoms with van der Waals surface area (Å²) >= 11 is 11.9. The molecular weight excluding hydrogens is 433 g/mol. The van der Waals surface area contributed by atoms with Gasteiger partial charge in [-0.25, -0.2) is 8.42 Å². The maximum atomic E-state index is 13.1. The molecule has 3 rings (SSSR count). The Morgan fingerprint density at radius 1 is 1.31 bits per heavy atom. The van der Waals surface area contributed by atoms with Crippen molar-refractivity contribution in [1.82, 2.24) is 14.5 Å². The fraction of sp³-hybridized carbons (Fsp3) is 0.550. The van der Waals surface area contributed by atoms with Crippen LogP contribution in [0.4, 0.5) is 0 Å². The number of nitrogens with zero attached hydrogens (tertiary/aromatic N) is 2. The minimum absolute atomic E-state index is 0.0695. The molecule has 1 spiro atoms. The highest BCUT2D eigenvalue weighted by Crippen LogP contribution is 2.36. The van der Waals surface area contributed by atoms with E-state index >= 15 is 0 Å². The van der Waals surface area contributed by atoms with E-state index in [1.165, 1.54) is 22.5 Å². The first kappa shape index (κ1) is 22.6. The molecule has 2 fully saturated rings. The first-order chi connectivity index (χ1) is 13.7. The van der Waals surface area contributed by atoms with Gasteiger partial charge in [0.25, 0.3) is 0 Å². The smallest absolute Gasteiger partial charge is 0.243 e. The van der Waals surface area contributed by atoms with E-state index in [1.807, 2.05) is 4.90 Å². The van der Waals surface area contributed by atoms with E-state index in [9.17, 15) is 13.2 Å². The summed E-state index contributed by atoms with van der Waals surface area (Å²) in [5, 5.41) is 4.06. The first-order valence-electron chi connectivity index (χ1n) is 9.81. The van der Waals surface area contributed by atoms with Crippen LogP contribution in [0.25, 0.3) is 0 Å². The molecule has 1 aromatic rings. The molecule has 0 bridgehead atoms. The molecule has 0 saturated carbocycles. The average molecular weight is 460 g/mol. The third kappa shape index (κ3) is 4.08. The number of carbonyl (C=O) groups excluding carboxylic acids is 1. The van der Waals surface area contributed by atoms with Crippen LogP contribution in [0.1, 0.15) is 33.1 Å². The first-order valence-corrected chi connectivity index (χ1v) is 12.0. The van der Waals surface area contributed by atoms with E-state index in [4.69, 9.17) is 23.2 Å². The van der Waals surface area contributed by atoms with Gasteiger partial charge in [0.1, 0.15) is 0 Å². The number of halogens is 2. The molecule has 29 heavy (non-hydrogen) atoms. The van der Waals surface area contributed by atoms with Gasteiger partial charge in [0.05, 0.1) is 26.6 Å². The molecule has 2 aliphatic heterocycles. The summed E-state index contributed by atoms with van der Waals surface area (Å²) in [5.41, 5.74) is -0.539. The summed E-state index contributed by atoms with van der Waals surface area (Å²) in [6.45, 7) is 8.97. The standard InChI is InChI=1S/C20H27Cl2N3O3S/c1-4-10-25-19(26)18(14(3)5-2)23-20(25)8-11-24(12-9-20)29(27,28)15-6-7-16(21)17(22)13-15/h4,6-7,13-14,18,23H,1,5,8-12H2,2-3H3. The largest absolute Gasteiger partial charge is 0.319 e. The normalized spacial score (nSPS) is 23.5. The zero-order chi connectivity index (χ0) is 21.4. The van der Waals surface area contributed by atoms with Crippen molar-refractivity contribution in [3.63, 3.8) is 0 Å². The van der Waals surface area contributed by atoms with Crippen LogP contribution in [0.3, 0.4) is 0 Å². The second-order valence-corrected chi connectivity index (χ2v) is 10.5. The Morgan fingerprint density at radius 2 is 1.97 bits per heavy atom. The highest BCUT2D eigenvalue weighted by Gasteiger charge is 2.52. The number of hydrogen-bond acceptors (Lipinski definition) is 4. The highest BCUT2D eigenvalue weighted by molar-refractivity contribution is 7.89. The van der Waals surface area contributed by atoms with Gasteiger partial charge in [0.2, 0.25) is 15.9 Å². The molecule has 0 aromatic heterocycles. The van der Waals surface area contributed by atoms with E-state index in [1.54, 1.807) is 6.08 Å². The van der Waals surface area contributed by atoms with Crippen LogP contribution in [-0.4, -0.2) is 54.9 Å². The number of sulfonamides is 1. The molecular formula is C20H27Cl2N3O3S. The van der Waals surface area contributed by atoms with E-state index in [0.29, 0.717) is 37.5 Å². The summed E-state index contributed by atoms with van der Waals surface area (Å²) < 4.78 is 27.6. The minimum atomic E-state index is -3.69. The van der Waals surface area contributed by atoms with Crippen LogP contribution in [0, 0.1) is 5.92 Å². The van der Waals surface area contributed by atoms with Crippen molar-refractivity contribution in [1.29, 1.82) is 0 Å². The third-order valence-electron chi connectivity index (χ3n) is 6.08. The SMILES string of the molecule is C=CCN1C(=O)C(C(C)CC)NC12CCN(S(=O)(=O)c1ccc(Cl)c(Cl)c1)CC2. The number of nitrogens with one attached hydrogen (secondary N) is 1.